The third-order valence-electron chi connectivity index (χ3n) is 3.28. The van der Waals surface area contributed by atoms with Crippen molar-refractivity contribution in [3.05, 3.63) is 70.0 Å². The normalized spacial score (nSPS) is 10.6. The largest absolute Gasteiger partial charge is 0.454 e. The number of para-hydroxylation sites is 1. The van der Waals surface area contributed by atoms with Crippen molar-refractivity contribution >= 4 is 46.0 Å². The van der Waals surface area contributed by atoms with Crippen molar-refractivity contribution in [2.45, 2.75) is 0 Å². The van der Waals surface area contributed by atoms with Gasteiger partial charge in [0.2, 0.25) is 5.78 Å². The molecule has 0 bridgehead atoms. The number of fused-ring (bicyclic) bond motifs is 1. The summed E-state index contributed by atoms with van der Waals surface area (Å²) >= 11 is 11.8. The Morgan fingerprint density at radius 3 is 2.58 bits per heavy atom. The first-order chi connectivity index (χ1) is 11.6. The van der Waals surface area contributed by atoms with Gasteiger partial charge in [0.1, 0.15) is 5.52 Å². The van der Waals surface area contributed by atoms with E-state index in [0.29, 0.717) is 16.1 Å². The van der Waals surface area contributed by atoms with Gasteiger partial charge in [0.05, 0.1) is 16.1 Å². The van der Waals surface area contributed by atoms with Gasteiger partial charge in [-0.2, -0.15) is 0 Å². The van der Waals surface area contributed by atoms with Gasteiger partial charge in [0, 0.05) is 23.0 Å². The molecule has 0 fully saturated rings. The van der Waals surface area contributed by atoms with Gasteiger partial charge in [-0.1, -0.05) is 29.3 Å². The maximum Gasteiger partial charge on any atom is 0.340 e. The number of halogens is 2. The molecule has 0 aliphatic heterocycles. The van der Waals surface area contributed by atoms with E-state index in [2.05, 4.69) is 9.97 Å². The molecule has 2 aromatic carbocycles. The van der Waals surface area contributed by atoms with Crippen molar-refractivity contribution in [1.82, 2.24) is 9.97 Å². The lowest BCUT2D eigenvalue weighted by molar-refractivity contribution is 0.0476. The molecule has 0 amide bonds. The molecule has 5 nitrogen and oxygen atoms in total. The van der Waals surface area contributed by atoms with Crippen molar-refractivity contribution in [2.75, 3.05) is 6.61 Å². The molecular formula is C17H10Cl2N2O3. The molecular weight excluding hydrogens is 351 g/mol. The first-order valence-corrected chi connectivity index (χ1v) is 7.67. The second kappa shape index (κ2) is 6.95. The average molecular weight is 361 g/mol. The molecule has 0 N–H and O–H groups in total. The van der Waals surface area contributed by atoms with Crippen LogP contribution in [0.3, 0.4) is 0 Å². The van der Waals surface area contributed by atoms with Crippen molar-refractivity contribution < 1.29 is 14.3 Å². The van der Waals surface area contributed by atoms with E-state index in [9.17, 15) is 9.59 Å². The molecule has 0 atom stereocenters. The summed E-state index contributed by atoms with van der Waals surface area (Å²) in [6.45, 7) is -0.434. The molecule has 0 saturated carbocycles. The zero-order chi connectivity index (χ0) is 17.1. The number of Topliss-reactive ketones (excluding diaryl/α,β-unsaturated/α-hetero) is 1. The first kappa shape index (κ1) is 16.4. The molecule has 0 unspecified atom stereocenters. The van der Waals surface area contributed by atoms with Crippen LogP contribution in [0.1, 0.15) is 20.7 Å². The van der Waals surface area contributed by atoms with Crippen LogP contribution in [-0.4, -0.2) is 28.3 Å². The number of rotatable bonds is 4. The Balaban J connectivity index is 1.76. The van der Waals surface area contributed by atoms with Crippen LogP contribution in [0.5, 0.6) is 0 Å². The second-order valence-electron chi connectivity index (χ2n) is 4.85. The third-order valence-corrected chi connectivity index (χ3v) is 3.83. The minimum atomic E-state index is -0.653. The highest BCUT2D eigenvalue weighted by molar-refractivity contribution is 6.36. The molecule has 3 rings (SSSR count). The Kier molecular flexibility index (Phi) is 4.74. The van der Waals surface area contributed by atoms with Crippen LogP contribution >= 0.6 is 23.2 Å². The number of hydrogen-bond donors (Lipinski definition) is 0. The minimum Gasteiger partial charge on any atom is -0.454 e. The number of aromatic nitrogens is 2. The highest BCUT2D eigenvalue weighted by Crippen LogP contribution is 2.22. The fourth-order valence-corrected chi connectivity index (χ4v) is 2.67. The molecule has 3 aromatic rings. The van der Waals surface area contributed by atoms with Gasteiger partial charge in [0.15, 0.2) is 6.61 Å². The summed E-state index contributed by atoms with van der Waals surface area (Å²) in [5, 5.41) is 0.627. The summed E-state index contributed by atoms with van der Waals surface area (Å²) in [4.78, 5) is 32.6. The van der Waals surface area contributed by atoms with E-state index in [1.165, 1.54) is 24.5 Å². The summed E-state index contributed by atoms with van der Waals surface area (Å²) < 4.78 is 5.09. The van der Waals surface area contributed by atoms with Gasteiger partial charge in [-0.05, 0) is 30.3 Å². The lowest BCUT2D eigenvalue weighted by Gasteiger charge is -2.07. The van der Waals surface area contributed by atoms with Gasteiger partial charge in [-0.25, -0.2) is 4.79 Å². The number of benzene rings is 2. The molecule has 1 heterocycles. The topological polar surface area (TPSA) is 69.2 Å². The molecule has 0 saturated heterocycles. The standard InChI is InChI=1S/C17H10Cl2N2O3/c18-10-4-5-11(13(19)8-10)15(22)9-24-17(23)12-2-1-3-14-16(12)21-7-6-20-14/h1-8H,9H2. The van der Waals surface area contributed by atoms with Gasteiger partial charge in [-0.3, -0.25) is 14.8 Å². The van der Waals surface area contributed by atoms with Crippen LogP contribution in [0.15, 0.2) is 48.8 Å². The van der Waals surface area contributed by atoms with E-state index in [1.807, 2.05) is 0 Å². The van der Waals surface area contributed by atoms with Crippen LogP contribution in [0.4, 0.5) is 0 Å². The predicted octanol–water partition coefficient (Wildman–Crippen LogP) is 3.98. The number of hydrogen-bond acceptors (Lipinski definition) is 5. The molecule has 0 radical (unpaired) electrons. The fourth-order valence-electron chi connectivity index (χ4n) is 2.16. The van der Waals surface area contributed by atoms with Crippen LogP contribution in [-0.2, 0) is 4.74 Å². The van der Waals surface area contributed by atoms with E-state index in [-0.39, 0.29) is 16.1 Å². The molecule has 0 spiro atoms. The van der Waals surface area contributed by atoms with E-state index in [1.54, 1.807) is 24.3 Å². The summed E-state index contributed by atoms with van der Waals surface area (Å²) in [7, 11) is 0. The molecule has 1 aromatic heterocycles. The fraction of sp³-hybridized carbons (Fsp3) is 0.0588. The molecule has 120 valence electrons. The monoisotopic (exact) mass is 360 g/mol. The highest BCUT2D eigenvalue weighted by atomic mass is 35.5. The predicted molar refractivity (Wildman–Crippen MR) is 90.6 cm³/mol. The zero-order valence-corrected chi connectivity index (χ0v) is 13.7. The van der Waals surface area contributed by atoms with Gasteiger partial charge in [0.25, 0.3) is 0 Å². The maximum absolute atomic E-state index is 12.2. The Morgan fingerprint density at radius 2 is 1.79 bits per heavy atom. The summed E-state index contributed by atoms with van der Waals surface area (Å²) in [6, 6.07) is 9.47. The SMILES string of the molecule is O=C(COC(=O)c1cccc2nccnc12)c1ccc(Cl)cc1Cl. The number of carbonyl (C=O) groups excluding carboxylic acids is 2. The van der Waals surface area contributed by atoms with Gasteiger partial charge >= 0.3 is 5.97 Å². The van der Waals surface area contributed by atoms with Crippen LogP contribution in [0, 0.1) is 0 Å². The quantitative estimate of drug-likeness (QED) is 0.519. The van der Waals surface area contributed by atoms with E-state index in [0.717, 1.165) is 0 Å². The third kappa shape index (κ3) is 3.37. The number of nitrogens with zero attached hydrogens (tertiary/aromatic N) is 2. The van der Waals surface area contributed by atoms with Gasteiger partial charge < -0.3 is 4.74 Å². The summed E-state index contributed by atoms with van der Waals surface area (Å²) in [5.41, 5.74) is 1.48. The van der Waals surface area contributed by atoms with E-state index >= 15 is 0 Å². The Labute approximate surface area is 147 Å². The Morgan fingerprint density at radius 1 is 1.00 bits per heavy atom. The lowest BCUT2D eigenvalue weighted by atomic mass is 10.1. The Hall–Kier alpha value is -2.50. The van der Waals surface area contributed by atoms with Crippen LogP contribution in [0.2, 0.25) is 10.0 Å². The summed E-state index contributed by atoms with van der Waals surface area (Å²) in [5.74, 6) is -1.07. The first-order valence-electron chi connectivity index (χ1n) is 6.91. The zero-order valence-electron chi connectivity index (χ0n) is 12.2. The minimum absolute atomic E-state index is 0.208. The van der Waals surface area contributed by atoms with E-state index < -0.39 is 18.4 Å². The average Bonchev–Trinajstić information content (AvgIpc) is 2.59. The smallest absolute Gasteiger partial charge is 0.340 e. The van der Waals surface area contributed by atoms with E-state index in [4.69, 9.17) is 27.9 Å². The van der Waals surface area contributed by atoms with Crippen LogP contribution < -0.4 is 0 Å². The number of esters is 1. The molecule has 0 aliphatic rings. The highest BCUT2D eigenvalue weighted by Gasteiger charge is 2.17. The maximum atomic E-state index is 12.2. The van der Waals surface area contributed by atoms with Gasteiger partial charge in [-0.15, -0.1) is 0 Å². The van der Waals surface area contributed by atoms with Crippen molar-refractivity contribution in [3.8, 4) is 0 Å². The molecule has 7 heteroatoms. The molecule has 0 aliphatic carbocycles. The van der Waals surface area contributed by atoms with Crippen molar-refractivity contribution in [1.29, 1.82) is 0 Å². The lowest BCUT2D eigenvalue weighted by Crippen LogP contribution is -2.15. The number of ketones is 1. The molecule has 24 heavy (non-hydrogen) atoms. The number of carbonyl (C=O) groups is 2. The Bertz CT molecular complexity index is 939. The van der Waals surface area contributed by atoms with Crippen molar-refractivity contribution in [3.63, 3.8) is 0 Å². The van der Waals surface area contributed by atoms with Crippen molar-refractivity contribution in [2.24, 2.45) is 0 Å². The second-order valence-corrected chi connectivity index (χ2v) is 5.70. The van der Waals surface area contributed by atoms with Crippen LogP contribution in [0.25, 0.3) is 11.0 Å². The number of ether oxygens (including phenoxy) is 1. The summed E-state index contributed by atoms with van der Waals surface area (Å²) in [6.07, 6.45) is 3.02.